The summed E-state index contributed by atoms with van der Waals surface area (Å²) in [6, 6.07) is 17.2. The second kappa shape index (κ2) is 10.4. The Morgan fingerprint density at radius 1 is 0.750 bits per heavy atom. The average molecular weight is 395 g/mol. The molecule has 128 valence electrons. The van der Waals surface area contributed by atoms with Crippen molar-refractivity contribution in [1.82, 2.24) is 9.96 Å². The summed E-state index contributed by atoms with van der Waals surface area (Å²) >= 11 is 12.9. The minimum atomic E-state index is -1.23. The van der Waals surface area contributed by atoms with Gasteiger partial charge in [0.15, 0.2) is 0 Å². The first-order chi connectivity index (χ1) is 11.5. The topological polar surface area (TPSA) is 24.1 Å². The molecule has 0 heterocycles. The Hall–Kier alpha value is -0.626. The highest BCUT2D eigenvalue weighted by Gasteiger charge is 2.22. The van der Waals surface area contributed by atoms with Crippen molar-refractivity contribution in [2.45, 2.75) is 26.7 Å². The SMILES string of the molecule is Cc1ccc(CCN[Si](Cl)[Si](Cl)NCCc2cccc(C)c2)cc1. The molecular formula is C18H24Cl2N2Si2. The van der Waals surface area contributed by atoms with Crippen molar-refractivity contribution in [3.8, 4) is 0 Å². The van der Waals surface area contributed by atoms with Gasteiger partial charge < -0.3 is 9.96 Å². The summed E-state index contributed by atoms with van der Waals surface area (Å²) in [4.78, 5) is 6.85. The molecule has 0 aromatic heterocycles. The largest absolute Gasteiger partial charge is 0.326 e. The van der Waals surface area contributed by atoms with E-state index in [2.05, 4.69) is 72.3 Å². The molecule has 2 nitrogen and oxygen atoms in total. The zero-order chi connectivity index (χ0) is 17.4. The minimum absolute atomic E-state index is 0.876. The van der Waals surface area contributed by atoms with Crippen molar-refractivity contribution in [2.75, 3.05) is 13.1 Å². The Morgan fingerprint density at radius 2 is 1.33 bits per heavy atom. The van der Waals surface area contributed by atoms with Gasteiger partial charge in [-0.2, -0.15) is 0 Å². The molecule has 0 fully saturated rings. The number of rotatable bonds is 9. The molecule has 0 aliphatic carbocycles. The highest BCUT2D eigenvalue weighted by Crippen LogP contribution is 2.05. The monoisotopic (exact) mass is 394 g/mol. The van der Waals surface area contributed by atoms with Gasteiger partial charge >= 0.3 is 0 Å². The normalized spacial score (nSPS) is 11.4. The van der Waals surface area contributed by atoms with Crippen LogP contribution in [0.4, 0.5) is 0 Å². The average Bonchev–Trinajstić information content (AvgIpc) is 2.56. The van der Waals surface area contributed by atoms with Gasteiger partial charge in [0, 0.05) is 0 Å². The van der Waals surface area contributed by atoms with E-state index < -0.39 is 15.6 Å². The van der Waals surface area contributed by atoms with E-state index >= 15 is 0 Å². The van der Waals surface area contributed by atoms with Gasteiger partial charge in [-0.05, 0) is 50.9 Å². The lowest BCUT2D eigenvalue weighted by Crippen LogP contribution is -2.50. The van der Waals surface area contributed by atoms with Crippen molar-refractivity contribution in [3.63, 3.8) is 0 Å². The van der Waals surface area contributed by atoms with Crippen LogP contribution in [-0.2, 0) is 12.8 Å². The van der Waals surface area contributed by atoms with Gasteiger partial charge in [0.1, 0.15) is 0 Å². The standard InChI is InChI=1S/C18H24Cl2N2Si2/c1-15-6-8-17(9-7-15)10-12-21-23(19)24(20)22-13-11-18-5-3-4-16(2)14-18/h3-9,14,21-22H,10-13H2,1-2H3. The van der Waals surface area contributed by atoms with E-state index in [1.54, 1.807) is 0 Å². The summed E-state index contributed by atoms with van der Waals surface area (Å²) in [6.45, 7) is 5.97. The first-order valence-electron chi connectivity index (χ1n) is 8.18. The molecule has 0 saturated heterocycles. The van der Waals surface area contributed by atoms with Gasteiger partial charge in [-0.15, -0.1) is 22.2 Å². The van der Waals surface area contributed by atoms with Crippen LogP contribution in [0.15, 0.2) is 48.5 Å². The smallest absolute Gasteiger partial charge is 0.270 e. The number of halogens is 2. The number of hydrogen-bond acceptors (Lipinski definition) is 2. The molecule has 0 bridgehead atoms. The molecule has 2 rings (SSSR count). The molecule has 2 aromatic carbocycles. The number of hydrogen-bond donors (Lipinski definition) is 2. The summed E-state index contributed by atoms with van der Waals surface area (Å²) in [5, 5.41) is 0. The Labute approximate surface area is 158 Å². The summed E-state index contributed by atoms with van der Waals surface area (Å²) in [7, 11) is -2.46. The van der Waals surface area contributed by atoms with Crippen LogP contribution in [0, 0.1) is 13.8 Å². The fourth-order valence-electron chi connectivity index (χ4n) is 2.41. The maximum atomic E-state index is 6.47. The van der Waals surface area contributed by atoms with Crippen LogP contribution in [-0.4, -0.2) is 28.7 Å². The van der Waals surface area contributed by atoms with Gasteiger partial charge in [0.25, 0.3) is 15.6 Å². The molecule has 0 amide bonds. The third-order valence-electron chi connectivity index (χ3n) is 3.78. The van der Waals surface area contributed by atoms with Gasteiger partial charge in [-0.1, -0.05) is 59.7 Å². The second-order valence-electron chi connectivity index (χ2n) is 5.96. The van der Waals surface area contributed by atoms with Crippen LogP contribution in [0.3, 0.4) is 0 Å². The fourth-order valence-corrected chi connectivity index (χ4v) is 6.86. The molecule has 0 atom stereocenters. The van der Waals surface area contributed by atoms with E-state index in [-0.39, 0.29) is 0 Å². The quantitative estimate of drug-likeness (QED) is 0.499. The first kappa shape index (κ1) is 19.7. The number of nitrogens with one attached hydrogen (secondary N) is 2. The predicted octanol–water partition coefficient (Wildman–Crippen LogP) is 3.80. The van der Waals surface area contributed by atoms with Crippen molar-refractivity contribution in [1.29, 1.82) is 0 Å². The van der Waals surface area contributed by atoms with Crippen LogP contribution >= 0.6 is 22.2 Å². The Kier molecular flexibility index (Phi) is 8.52. The molecule has 24 heavy (non-hydrogen) atoms. The van der Waals surface area contributed by atoms with Gasteiger partial charge in [0.2, 0.25) is 0 Å². The maximum Gasteiger partial charge on any atom is 0.270 e. The first-order valence-corrected chi connectivity index (χ1v) is 14.2. The van der Waals surface area contributed by atoms with E-state index in [1.807, 2.05) is 0 Å². The van der Waals surface area contributed by atoms with Gasteiger partial charge in [0.05, 0.1) is 0 Å². The van der Waals surface area contributed by atoms with Crippen molar-refractivity contribution >= 4 is 37.7 Å². The molecular weight excluding hydrogens is 371 g/mol. The number of benzene rings is 2. The molecule has 6 heteroatoms. The zero-order valence-electron chi connectivity index (χ0n) is 14.2. The van der Waals surface area contributed by atoms with E-state index in [4.69, 9.17) is 22.2 Å². The summed E-state index contributed by atoms with van der Waals surface area (Å²) in [5.41, 5.74) is 5.25. The van der Waals surface area contributed by atoms with E-state index in [0.717, 1.165) is 25.9 Å². The van der Waals surface area contributed by atoms with Gasteiger partial charge in [-0.3, -0.25) is 0 Å². The van der Waals surface area contributed by atoms with Crippen molar-refractivity contribution < 1.29 is 0 Å². The van der Waals surface area contributed by atoms with Crippen LogP contribution in [0.2, 0.25) is 0 Å². The summed E-state index contributed by atoms with van der Waals surface area (Å²) in [6.07, 6.45) is 1.97. The van der Waals surface area contributed by atoms with Crippen LogP contribution in [0.1, 0.15) is 22.3 Å². The molecule has 0 unspecified atom stereocenters. The van der Waals surface area contributed by atoms with E-state index in [9.17, 15) is 0 Å². The van der Waals surface area contributed by atoms with Crippen LogP contribution < -0.4 is 9.96 Å². The number of aryl methyl sites for hydroxylation is 2. The predicted molar refractivity (Wildman–Crippen MR) is 109 cm³/mol. The van der Waals surface area contributed by atoms with Crippen molar-refractivity contribution in [2.24, 2.45) is 0 Å². The second-order valence-corrected chi connectivity index (χ2v) is 15.1. The lowest BCUT2D eigenvalue weighted by molar-refractivity contribution is 0.877. The highest BCUT2D eigenvalue weighted by molar-refractivity contribution is 7.54. The molecule has 2 N–H and O–H groups in total. The van der Waals surface area contributed by atoms with E-state index in [1.165, 1.54) is 22.3 Å². The van der Waals surface area contributed by atoms with Crippen LogP contribution in [0.25, 0.3) is 0 Å². The third-order valence-corrected chi connectivity index (χ3v) is 12.6. The van der Waals surface area contributed by atoms with Gasteiger partial charge in [-0.25, -0.2) is 0 Å². The molecule has 2 aromatic rings. The Morgan fingerprint density at radius 3 is 1.92 bits per heavy atom. The summed E-state index contributed by atoms with van der Waals surface area (Å²) < 4.78 is 0. The molecule has 2 radical (unpaired) electrons. The zero-order valence-corrected chi connectivity index (χ0v) is 17.7. The molecule has 0 aliphatic rings. The van der Waals surface area contributed by atoms with E-state index in [0.29, 0.717) is 0 Å². The fraction of sp³-hybridized carbons (Fsp3) is 0.333. The lowest BCUT2D eigenvalue weighted by atomic mass is 10.1. The molecule has 0 aliphatic heterocycles. The van der Waals surface area contributed by atoms with Crippen LogP contribution in [0.5, 0.6) is 0 Å². The molecule has 0 saturated carbocycles. The Bertz CT molecular complexity index is 623. The maximum absolute atomic E-state index is 6.47. The summed E-state index contributed by atoms with van der Waals surface area (Å²) in [5.74, 6) is 0. The lowest BCUT2D eigenvalue weighted by Gasteiger charge is -2.14. The van der Waals surface area contributed by atoms with Crippen molar-refractivity contribution in [3.05, 3.63) is 70.8 Å². The third kappa shape index (κ3) is 7.09. The molecule has 0 spiro atoms. The Balaban J connectivity index is 1.64. The minimum Gasteiger partial charge on any atom is -0.326 e. The highest BCUT2D eigenvalue weighted by atomic mass is 35.6.